The average molecular weight is 291 g/mol. The fourth-order valence-electron chi connectivity index (χ4n) is 3.93. The van der Waals surface area contributed by atoms with Crippen LogP contribution in [0.2, 0.25) is 0 Å². The summed E-state index contributed by atoms with van der Waals surface area (Å²) in [6.45, 7) is 1.35. The van der Waals surface area contributed by atoms with Crippen LogP contribution >= 0.6 is 0 Å². The first-order valence-electron chi connectivity index (χ1n) is 7.52. The minimum absolute atomic E-state index is 0.0125. The van der Waals surface area contributed by atoms with Gasteiger partial charge in [-0.3, -0.25) is 9.59 Å². The SMILES string of the molecule is CO[C@@H]1CCC[C@@]12CCCN(C(=O)c1ncc[nH]c1=O)C2. The number of piperidine rings is 1. The second-order valence-corrected chi connectivity index (χ2v) is 6.08. The maximum absolute atomic E-state index is 12.6. The van der Waals surface area contributed by atoms with Crippen molar-refractivity contribution in [2.75, 3.05) is 20.2 Å². The first-order chi connectivity index (χ1) is 10.2. The number of nitrogens with zero attached hydrogens (tertiary/aromatic N) is 2. The molecule has 1 saturated carbocycles. The van der Waals surface area contributed by atoms with Crippen LogP contribution in [0.3, 0.4) is 0 Å². The third-order valence-corrected chi connectivity index (χ3v) is 4.91. The van der Waals surface area contributed by atoms with Crippen LogP contribution in [0.15, 0.2) is 17.2 Å². The number of hydrogen-bond donors (Lipinski definition) is 1. The highest BCUT2D eigenvalue weighted by Crippen LogP contribution is 2.46. The van der Waals surface area contributed by atoms with E-state index in [2.05, 4.69) is 9.97 Å². The summed E-state index contributed by atoms with van der Waals surface area (Å²) in [4.78, 5) is 32.5. The summed E-state index contributed by atoms with van der Waals surface area (Å²) in [6, 6.07) is 0. The Hall–Kier alpha value is -1.69. The van der Waals surface area contributed by atoms with Gasteiger partial charge in [0, 0.05) is 38.0 Å². The summed E-state index contributed by atoms with van der Waals surface area (Å²) in [6.07, 6.45) is 8.44. The number of hydrogen-bond acceptors (Lipinski definition) is 4. The van der Waals surface area contributed by atoms with Gasteiger partial charge >= 0.3 is 0 Å². The number of ether oxygens (including phenoxy) is 1. The van der Waals surface area contributed by atoms with Gasteiger partial charge in [0.25, 0.3) is 11.5 Å². The van der Waals surface area contributed by atoms with Crippen molar-refractivity contribution in [3.05, 3.63) is 28.4 Å². The zero-order chi connectivity index (χ0) is 14.9. The molecule has 114 valence electrons. The van der Waals surface area contributed by atoms with Crippen molar-refractivity contribution >= 4 is 5.91 Å². The summed E-state index contributed by atoms with van der Waals surface area (Å²) >= 11 is 0. The number of carbonyl (C=O) groups excluding carboxylic acids is 1. The molecular formula is C15H21N3O3. The standard InChI is InChI=1S/C15H21N3O3/c1-21-11-4-2-5-15(11)6-3-9-18(10-15)14(20)12-13(19)17-8-7-16-12/h7-8,11H,2-6,9-10H2,1H3,(H,17,19)/t11-,15+/m1/s1. The topological polar surface area (TPSA) is 75.3 Å². The Balaban J connectivity index is 1.82. The smallest absolute Gasteiger partial charge is 0.279 e. The van der Waals surface area contributed by atoms with Gasteiger partial charge in [-0.15, -0.1) is 0 Å². The molecule has 1 aliphatic heterocycles. The van der Waals surface area contributed by atoms with Crippen molar-refractivity contribution in [2.45, 2.75) is 38.2 Å². The molecule has 2 heterocycles. The third-order valence-electron chi connectivity index (χ3n) is 4.91. The molecule has 0 unspecified atom stereocenters. The van der Waals surface area contributed by atoms with Gasteiger partial charge in [-0.1, -0.05) is 6.42 Å². The van der Waals surface area contributed by atoms with Gasteiger partial charge in [-0.25, -0.2) is 4.98 Å². The van der Waals surface area contributed by atoms with Gasteiger partial charge < -0.3 is 14.6 Å². The lowest BCUT2D eigenvalue weighted by molar-refractivity contribution is -0.0297. The van der Waals surface area contributed by atoms with Crippen LogP contribution in [0.1, 0.15) is 42.6 Å². The number of rotatable bonds is 2. The molecule has 1 aromatic rings. The highest BCUT2D eigenvalue weighted by molar-refractivity contribution is 5.92. The van der Waals surface area contributed by atoms with Gasteiger partial charge in [0.2, 0.25) is 0 Å². The predicted octanol–water partition coefficient (Wildman–Crippen LogP) is 1.19. The van der Waals surface area contributed by atoms with E-state index in [4.69, 9.17) is 4.74 Å². The number of aromatic nitrogens is 2. The molecule has 2 fully saturated rings. The van der Waals surface area contributed by atoms with Crippen LogP contribution in [0.4, 0.5) is 0 Å². The van der Waals surface area contributed by atoms with Crippen molar-refractivity contribution in [1.82, 2.24) is 14.9 Å². The molecule has 1 saturated heterocycles. The number of methoxy groups -OCH3 is 1. The Kier molecular flexibility index (Phi) is 3.80. The van der Waals surface area contributed by atoms with Gasteiger partial charge in [0.1, 0.15) is 0 Å². The van der Waals surface area contributed by atoms with Crippen molar-refractivity contribution in [3.63, 3.8) is 0 Å². The molecule has 0 bridgehead atoms. The number of likely N-dealkylation sites (tertiary alicyclic amines) is 1. The number of amides is 1. The van der Waals surface area contributed by atoms with Crippen molar-refractivity contribution < 1.29 is 9.53 Å². The molecule has 6 nitrogen and oxygen atoms in total. The zero-order valence-corrected chi connectivity index (χ0v) is 12.3. The second-order valence-electron chi connectivity index (χ2n) is 6.08. The average Bonchev–Trinajstić information content (AvgIpc) is 2.89. The molecule has 6 heteroatoms. The van der Waals surface area contributed by atoms with Crippen LogP contribution in [-0.2, 0) is 4.74 Å². The maximum atomic E-state index is 12.6. The normalized spacial score (nSPS) is 29.0. The minimum atomic E-state index is -0.420. The third kappa shape index (κ3) is 2.48. The summed E-state index contributed by atoms with van der Waals surface area (Å²) < 4.78 is 5.64. The van der Waals surface area contributed by atoms with Crippen molar-refractivity contribution in [2.24, 2.45) is 5.41 Å². The van der Waals surface area contributed by atoms with Crippen molar-refractivity contribution in [1.29, 1.82) is 0 Å². The Labute approximate surface area is 123 Å². The van der Waals surface area contributed by atoms with E-state index in [1.807, 2.05) is 0 Å². The molecule has 2 aliphatic rings. The van der Waals surface area contributed by atoms with E-state index in [0.29, 0.717) is 13.1 Å². The van der Waals surface area contributed by atoms with E-state index in [-0.39, 0.29) is 23.1 Å². The molecule has 21 heavy (non-hydrogen) atoms. The van der Waals surface area contributed by atoms with E-state index >= 15 is 0 Å². The molecule has 1 aliphatic carbocycles. The fourth-order valence-corrected chi connectivity index (χ4v) is 3.93. The maximum Gasteiger partial charge on any atom is 0.279 e. The molecular weight excluding hydrogens is 270 g/mol. The monoisotopic (exact) mass is 291 g/mol. The van der Waals surface area contributed by atoms with Crippen LogP contribution in [0, 0.1) is 5.41 Å². The van der Waals surface area contributed by atoms with Gasteiger partial charge in [-0.05, 0) is 25.7 Å². The Bertz CT molecular complexity index is 586. The highest BCUT2D eigenvalue weighted by Gasteiger charge is 2.46. The highest BCUT2D eigenvalue weighted by atomic mass is 16.5. The summed E-state index contributed by atoms with van der Waals surface area (Å²) in [7, 11) is 1.75. The molecule has 1 amide bonds. The fraction of sp³-hybridized carbons (Fsp3) is 0.667. The van der Waals surface area contributed by atoms with Gasteiger partial charge in [0.05, 0.1) is 6.10 Å². The minimum Gasteiger partial charge on any atom is -0.381 e. The van der Waals surface area contributed by atoms with Crippen LogP contribution in [0.25, 0.3) is 0 Å². The van der Waals surface area contributed by atoms with Crippen molar-refractivity contribution in [3.8, 4) is 0 Å². The quantitative estimate of drug-likeness (QED) is 0.888. The lowest BCUT2D eigenvalue weighted by atomic mass is 9.76. The second kappa shape index (κ2) is 5.60. The number of H-pyrrole nitrogens is 1. The molecule has 1 spiro atoms. The lowest BCUT2D eigenvalue weighted by Gasteiger charge is -2.43. The number of carbonyl (C=O) groups is 1. The first kappa shape index (κ1) is 14.3. The molecule has 0 radical (unpaired) electrons. The van der Waals surface area contributed by atoms with E-state index in [1.54, 1.807) is 12.0 Å². The lowest BCUT2D eigenvalue weighted by Crippen LogP contribution is -2.50. The van der Waals surface area contributed by atoms with E-state index < -0.39 is 5.56 Å². The summed E-state index contributed by atoms with van der Waals surface area (Å²) in [5, 5.41) is 0. The predicted molar refractivity (Wildman–Crippen MR) is 77.1 cm³/mol. The van der Waals surface area contributed by atoms with E-state index in [0.717, 1.165) is 32.1 Å². The van der Waals surface area contributed by atoms with E-state index in [9.17, 15) is 9.59 Å². The largest absolute Gasteiger partial charge is 0.381 e. The van der Waals surface area contributed by atoms with Gasteiger partial charge in [0.15, 0.2) is 5.69 Å². The Morgan fingerprint density at radius 3 is 3.05 bits per heavy atom. The Morgan fingerprint density at radius 1 is 1.48 bits per heavy atom. The van der Waals surface area contributed by atoms with Gasteiger partial charge in [-0.2, -0.15) is 0 Å². The first-order valence-corrected chi connectivity index (χ1v) is 7.52. The number of aromatic amines is 1. The summed E-state index contributed by atoms with van der Waals surface area (Å²) in [5.41, 5.74) is -0.372. The Morgan fingerprint density at radius 2 is 2.29 bits per heavy atom. The molecule has 1 aromatic heterocycles. The summed E-state index contributed by atoms with van der Waals surface area (Å²) in [5.74, 6) is -0.266. The zero-order valence-electron chi connectivity index (χ0n) is 12.3. The van der Waals surface area contributed by atoms with Crippen LogP contribution < -0.4 is 5.56 Å². The van der Waals surface area contributed by atoms with Crippen LogP contribution in [0.5, 0.6) is 0 Å². The number of nitrogens with one attached hydrogen (secondary N) is 1. The van der Waals surface area contributed by atoms with E-state index in [1.165, 1.54) is 12.4 Å². The molecule has 3 rings (SSSR count). The van der Waals surface area contributed by atoms with Crippen LogP contribution in [-0.4, -0.2) is 47.1 Å². The molecule has 0 aromatic carbocycles. The molecule has 2 atom stereocenters. The molecule has 1 N–H and O–H groups in total.